The van der Waals surface area contributed by atoms with Crippen molar-refractivity contribution in [1.29, 1.82) is 0 Å². The number of amides is 3. The summed E-state index contributed by atoms with van der Waals surface area (Å²) in [5.74, 6) is -5.33. The lowest BCUT2D eigenvalue weighted by Crippen LogP contribution is -2.46. The number of hydrogen-bond acceptors (Lipinski definition) is 5. The van der Waals surface area contributed by atoms with E-state index in [0.29, 0.717) is 0 Å². The fourth-order valence-corrected chi connectivity index (χ4v) is 4.29. The average molecular weight is 471 g/mol. The van der Waals surface area contributed by atoms with Gasteiger partial charge in [-0.15, -0.1) is 0 Å². The van der Waals surface area contributed by atoms with Gasteiger partial charge in [-0.25, -0.2) is 26.4 Å². The van der Waals surface area contributed by atoms with Crippen molar-refractivity contribution in [2.45, 2.75) is 12.0 Å². The van der Waals surface area contributed by atoms with Crippen LogP contribution in [0, 0.1) is 17.5 Å². The molecule has 0 saturated carbocycles. The zero-order valence-electron chi connectivity index (χ0n) is 17.1. The molecule has 2 aromatic carbocycles. The number of likely N-dealkylation sites (tertiary alicyclic amines) is 1. The molecule has 3 amide bonds. The van der Waals surface area contributed by atoms with Crippen LogP contribution in [0.1, 0.15) is 11.5 Å². The van der Waals surface area contributed by atoms with Crippen LogP contribution >= 0.6 is 0 Å². The van der Waals surface area contributed by atoms with Crippen LogP contribution in [0.15, 0.2) is 36.4 Å². The lowest BCUT2D eigenvalue weighted by molar-refractivity contribution is -0.128. The highest BCUT2D eigenvalue weighted by Gasteiger charge is 2.45. The molecule has 0 unspecified atom stereocenters. The normalized spacial score (nSPS) is 18.5. The van der Waals surface area contributed by atoms with Crippen LogP contribution in [0.2, 0.25) is 0 Å². The summed E-state index contributed by atoms with van der Waals surface area (Å²) in [4.78, 5) is 26.2. The second-order valence-corrected chi connectivity index (χ2v) is 9.42. The van der Waals surface area contributed by atoms with Crippen LogP contribution in [-0.2, 0) is 14.6 Å². The van der Waals surface area contributed by atoms with Gasteiger partial charge in [-0.05, 0) is 24.3 Å². The molecule has 172 valence electrons. The molecular formula is C20H20F3N3O5S. The van der Waals surface area contributed by atoms with E-state index in [0.717, 1.165) is 35.4 Å². The number of nitrogens with zero attached hydrogens (tertiary/aromatic N) is 1. The van der Waals surface area contributed by atoms with Gasteiger partial charge in [-0.1, -0.05) is 0 Å². The molecule has 2 aromatic rings. The maximum Gasteiger partial charge on any atom is 0.319 e. The third-order valence-electron chi connectivity index (χ3n) is 4.84. The summed E-state index contributed by atoms with van der Waals surface area (Å²) < 4.78 is 70.7. The molecule has 32 heavy (non-hydrogen) atoms. The zero-order valence-corrected chi connectivity index (χ0v) is 17.9. The highest BCUT2D eigenvalue weighted by molar-refractivity contribution is 7.90. The van der Waals surface area contributed by atoms with Crippen LogP contribution in [0.3, 0.4) is 0 Å². The number of urea groups is 1. The predicted octanol–water partition coefficient (Wildman–Crippen LogP) is 2.23. The summed E-state index contributed by atoms with van der Waals surface area (Å²) in [6.45, 7) is -0.340. The van der Waals surface area contributed by atoms with E-state index < -0.39 is 62.6 Å². The van der Waals surface area contributed by atoms with Crippen molar-refractivity contribution in [2.24, 2.45) is 0 Å². The molecule has 0 aliphatic carbocycles. The molecule has 2 atom stereocenters. The number of hydrogen-bond donors (Lipinski definition) is 2. The van der Waals surface area contributed by atoms with Gasteiger partial charge < -0.3 is 20.3 Å². The Morgan fingerprint density at radius 2 is 1.75 bits per heavy atom. The van der Waals surface area contributed by atoms with Gasteiger partial charge in [0.25, 0.3) is 0 Å². The van der Waals surface area contributed by atoms with E-state index in [-0.39, 0.29) is 18.0 Å². The number of anilines is 1. The minimum absolute atomic E-state index is 0.0837. The summed E-state index contributed by atoms with van der Waals surface area (Å²) in [6.07, 6.45) is 0.909. The summed E-state index contributed by atoms with van der Waals surface area (Å²) in [7, 11) is -2.42. The van der Waals surface area contributed by atoms with Crippen molar-refractivity contribution in [3.8, 4) is 5.75 Å². The van der Waals surface area contributed by atoms with E-state index >= 15 is 0 Å². The van der Waals surface area contributed by atoms with E-state index in [1.807, 2.05) is 0 Å². The SMILES string of the molecule is COc1cc(F)c([C@@H]2CN(CS(C)(=O)=O)C(=O)[C@H]2NC(=O)Nc2ccc(F)cc2)c(F)c1. The van der Waals surface area contributed by atoms with E-state index in [4.69, 9.17) is 4.74 Å². The van der Waals surface area contributed by atoms with Crippen molar-refractivity contribution >= 4 is 27.5 Å². The molecule has 1 saturated heterocycles. The quantitative estimate of drug-likeness (QED) is 0.673. The topological polar surface area (TPSA) is 105 Å². The molecular weight excluding hydrogens is 451 g/mol. The van der Waals surface area contributed by atoms with E-state index in [1.54, 1.807) is 0 Å². The van der Waals surface area contributed by atoms with Crippen molar-refractivity contribution in [3.63, 3.8) is 0 Å². The number of rotatable bonds is 6. The third-order valence-corrected chi connectivity index (χ3v) is 5.62. The number of benzene rings is 2. The molecule has 12 heteroatoms. The number of nitrogens with one attached hydrogen (secondary N) is 2. The molecule has 8 nitrogen and oxygen atoms in total. The molecule has 0 bridgehead atoms. The Bertz CT molecular complexity index is 1120. The number of methoxy groups -OCH3 is 1. The fourth-order valence-electron chi connectivity index (χ4n) is 3.50. The minimum atomic E-state index is -3.65. The van der Waals surface area contributed by atoms with Crippen LogP contribution in [-0.4, -0.2) is 57.1 Å². The first-order valence-corrected chi connectivity index (χ1v) is 11.4. The van der Waals surface area contributed by atoms with Gasteiger partial charge in [-0.2, -0.15) is 0 Å². The molecule has 0 aromatic heterocycles. The molecule has 3 rings (SSSR count). The van der Waals surface area contributed by atoms with Crippen LogP contribution in [0.4, 0.5) is 23.7 Å². The maximum absolute atomic E-state index is 14.7. The Morgan fingerprint density at radius 3 is 2.28 bits per heavy atom. The standard InChI is InChI=1S/C20H20F3N3O5S/c1-31-13-7-15(22)17(16(23)8-13)14-9-26(10-32(2,29)30)19(27)18(14)25-20(28)24-12-5-3-11(21)4-6-12/h3-8,14,18H,9-10H2,1-2H3,(H2,24,25,28)/t14-,18-/m0/s1. The van der Waals surface area contributed by atoms with E-state index in [1.165, 1.54) is 19.2 Å². The van der Waals surface area contributed by atoms with Gasteiger partial charge in [0, 0.05) is 42.1 Å². The largest absolute Gasteiger partial charge is 0.497 e. The van der Waals surface area contributed by atoms with Crippen LogP contribution < -0.4 is 15.4 Å². The second kappa shape index (κ2) is 9.07. The molecule has 0 radical (unpaired) electrons. The molecule has 1 aliphatic heterocycles. The summed E-state index contributed by atoms with van der Waals surface area (Å²) in [5.41, 5.74) is -0.275. The van der Waals surface area contributed by atoms with Gasteiger partial charge in [0.15, 0.2) is 9.84 Å². The summed E-state index contributed by atoms with van der Waals surface area (Å²) >= 11 is 0. The smallest absolute Gasteiger partial charge is 0.319 e. The predicted molar refractivity (Wildman–Crippen MR) is 109 cm³/mol. The monoisotopic (exact) mass is 471 g/mol. The van der Waals surface area contributed by atoms with E-state index in [9.17, 15) is 31.2 Å². The van der Waals surface area contributed by atoms with Crippen molar-refractivity contribution in [2.75, 3.05) is 31.1 Å². The van der Waals surface area contributed by atoms with Crippen LogP contribution in [0.5, 0.6) is 5.75 Å². The number of sulfone groups is 1. The number of carbonyl (C=O) groups excluding carboxylic acids is 2. The van der Waals surface area contributed by atoms with Crippen molar-refractivity contribution in [3.05, 3.63) is 59.4 Å². The van der Waals surface area contributed by atoms with Crippen molar-refractivity contribution in [1.82, 2.24) is 10.2 Å². The Hall–Kier alpha value is -3.28. The first kappa shape index (κ1) is 23.4. The first-order chi connectivity index (χ1) is 15.0. The average Bonchev–Trinajstić information content (AvgIpc) is 2.97. The lowest BCUT2D eigenvalue weighted by Gasteiger charge is -2.20. The second-order valence-electron chi connectivity index (χ2n) is 7.31. The number of carbonyl (C=O) groups is 2. The maximum atomic E-state index is 14.7. The van der Waals surface area contributed by atoms with Gasteiger partial charge in [-0.3, -0.25) is 4.79 Å². The fraction of sp³-hybridized carbons (Fsp3) is 0.300. The van der Waals surface area contributed by atoms with Gasteiger partial charge in [0.2, 0.25) is 5.91 Å². The molecule has 1 heterocycles. The van der Waals surface area contributed by atoms with Crippen LogP contribution in [0.25, 0.3) is 0 Å². The van der Waals surface area contributed by atoms with Crippen molar-refractivity contribution < 1.29 is 35.9 Å². The Balaban J connectivity index is 1.91. The summed E-state index contributed by atoms with van der Waals surface area (Å²) in [6, 6.07) is 4.29. The highest BCUT2D eigenvalue weighted by atomic mass is 32.2. The van der Waals surface area contributed by atoms with Gasteiger partial charge >= 0.3 is 6.03 Å². The molecule has 1 fully saturated rings. The first-order valence-electron chi connectivity index (χ1n) is 9.31. The van der Waals surface area contributed by atoms with Gasteiger partial charge in [0.1, 0.15) is 35.1 Å². The number of halogens is 3. The highest BCUT2D eigenvalue weighted by Crippen LogP contribution is 2.34. The Labute approximate surface area is 182 Å². The van der Waals surface area contributed by atoms with E-state index in [2.05, 4.69) is 10.6 Å². The summed E-state index contributed by atoms with van der Waals surface area (Å²) in [5, 5.41) is 4.73. The lowest BCUT2D eigenvalue weighted by atomic mass is 9.93. The Morgan fingerprint density at radius 1 is 1.16 bits per heavy atom. The minimum Gasteiger partial charge on any atom is -0.497 e. The third kappa shape index (κ3) is 5.31. The number of ether oxygens (including phenoxy) is 1. The molecule has 2 N–H and O–H groups in total. The zero-order chi connectivity index (χ0) is 23.6. The Kier molecular flexibility index (Phi) is 6.63. The van der Waals surface area contributed by atoms with Gasteiger partial charge in [0.05, 0.1) is 7.11 Å². The molecule has 1 aliphatic rings. The molecule has 0 spiro atoms.